The van der Waals surface area contributed by atoms with E-state index in [4.69, 9.17) is 4.74 Å². The van der Waals surface area contributed by atoms with Gasteiger partial charge in [-0.25, -0.2) is 9.37 Å². The molecule has 1 saturated heterocycles. The van der Waals surface area contributed by atoms with Gasteiger partial charge < -0.3 is 9.84 Å². The van der Waals surface area contributed by atoms with E-state index in [1.807, 2.05) is 6.92 Å². The van der Waals surface area contributed by atoms with Crippen LogP contribution in [-0.2, 0) is 9.59 Å². The highest BCUT2D eigenvalue weighted by Gasteiger charge is 2.47. The van der Waals surface area contributed by atoms with E-state index in [1.165, 1.54) is 46.7 Å². The van der Waals surface area contributed by atoms with Gasteiger partial charge in [-0.1, -0.05) is 12.1 Å². The Hall–Kier alpha value is -3.52. The second-order valence-electron chi connectivity index (χ2n) is 6.49. The summed E-state index contributed by atoms with van der Waals surface area (Å²) in [5.74, 6) is -1.77. The highest BCUT2D eigenvalue weighted by molar-refractivity contribution is 7.14. The molecule has 0 spiro atoms. The van der Waals surface area contributed by atoms with Crippen LogP contribution in [0.3, 0.4) is 0 Å². The van der Waals surface area contributed by atoms with Crippen molar-refractivity contribution in [1.29, 1.82) is 0 Å². The van der Waals surface area contributed by atoms with Crippen molar-refractivity contribution in [2.45, 2.75) is 13.0 Å². The quantitative estimate of drug-likeness (QED) is 0.375. The van der Waals surface area contributed by atoms with Gasteiger partial charge in [0.1, 0.15) is 17.3 Å². The van der Waals surface area contributed by atoms with Crippen molar-refractivity contribution in [2.24, 2.45) is 0 Å². The first-order valence-electron chi connectivity index (χ1n) is 9.20. The Morgan fingerprint density at radius 1 is 1.17 bits per heavy atom. The lowest BCUT2D eigenvalue weighted by Gasteiger charge is -2.23. The topological polar surface area (TPSA) is 79.7 Å². The largest absolute Gasteiger partial charge is 0.507 e. The van der Waals surface area contributed by atoms with Gasteiger partial charge in [0, 0.05) is 17.1 Å². The summed E-state index contributed by atoms with van der Waals surface area (Å²) in [6, 6.07) is 11.1. The van der Waals surface area contributed by atoms with Crippen molar-refractivity contribution in [1.82, 2.24) is 4.98 Å². The standard InChI is InChI=1S/C22H17FN2O4S/c1-2-29-16-9-5-14(6-10-16)19(26)17-18(13-3-7-15(23)8-4-13)25(21(28)20(17)27)22-24-11-12-30-22/h3-12,18,26H,2H2,1H3/b19-17+/t18-/m1/s1. The van der Waals surface area contributed by atoms with Crippen LogP contribution in [0, 0.1) is 5.82 Å². The van der Waals surface area contributed by atoms with E-state index in [1.54, 1.807) is 29.6 Å². The Bertz CT molecular complexity index is 1110. The Morgan fingerprint density at radius 3 is 2.47 bits per heavy atom. The van der Waals surface area contributed by atoms with E-state index in [2.05, 4.69) is 4.98 Å². The van der Waals surface area contributed by atoms with Gasteiger partial charge in [0.15, 0.2) is 5.13 Å². The van der Waals surface area contributed by atoms with Gasteiger partial charge in [-0.15, -0.1) is 11.3 Å². The molecular formula is C22H17FN2O4S. The zero-order chi connectivity index (χ0) is 21.3. The molecule has 3 aromatic rings. The predicted octanol–water partition coefficient (Wildman–Crippen LogP) is 4.31. The second kappa shape index (κ2) is 8.08. The molecule has 152 valence electrons. The van der Waals surface area contributed by atoms with E-state index in [0.29, 0.717) is 28.6 Å². The molecule has 2 aromatic carbocycles. The molecule has 4 rings (SSSR count). The maximum atomic E-state index is 13.5. The first-order chi connectivity index (χ1) is 14.5. The van der Waals surface area contributed by atoms with E-state index < -0.39 is 23.5 Å². The number of anilines is 1. The SMILES string of the molecule is CCOc1ccc(/C(O)=C2\C(=O)C(=O)N(c3nccs3)[C@@H]2c2ccc(F)cc2)cc1. The smallest absolute Gasteiger partial charge is 0.301 e. The van der Waals surface area contributed by atoms with Gasteiger partial charge in [0.05, 0.1) is 18.2 Å². The fourth-order valence-corrected chi connectivity index (χ4v) is 4.02. The number of ketones is 1. The van der Waals surface area contributed by atoms with Crippen LogP contribution in [0.5, 0.6) is 5.75 Å². The van der Waals surface area contributed by atoms with E-state index in [-0.39, 0.29) is 11.3 Å². The number of hydrogen-bond donors (Lipinski definition) is 1. The molecule has 1 fully saturated rings. The highest BCUT2D eigenvalue weighted by Crippen LogP contribution is 2.42. The molecule has 1 aliphatic heterocycles. The van der Waals surface area contributed by atoms with Gasteiger partial charge in [-0.2, -0.15) is 0 Å². The van der Waals surface area contributed by atoms with Crippen molar-refractivity contribution in [3.8, 4) is 5.75 Å². The fraction of sp³-hybridized carbons (Fsp3) is 0.136. The summed E-state index contributed by atoms with van der Waals surface area (Å²) < 4.78 is 18.9. The minimum absolute atomic E-state index is 0.0778. The van der Waals surface area contributed by atoms with Gasteiger partial charge >= 0.3 is 5.91 Å². The molecule has 0 saturated carbocycles. The fourth-order valence-electron chi connectivity index (χ4n) is 3.36. The zero-order valence-corrected chi connectivity index (χ0v) is 16.7. The average Bonchev–Trinajstić information content (AvgIpc) is 3.36. The molecule has 0 unspecified atom stereocenters. The maximum Gasteiger partial charge on any atom is 0.301 e. The number of carbonyl (C=O) groups is 2. The van der Waals surface area contributed by atoms with E-state index in [0.717, 1.165) is 0 Å². The van der Waals surface area contributed by atoms with E-state index in [9.17, 15) is 19.1 Å². The Labute approximate surface area is 175 Å². The summed E-state index contributed by atoms with van der Waals surface area (Å²) in [6.07, 6.45) is 1.52. The van der Waals surface area contributed by atoms with Crippen molar-refractivity contribution in [3.05, 3.63) is 82.6 Å². The number of thiazole rings is 1. The number of benzene rings is 2. The van der Waals surface area contributed by atoms with Crippen LogP contribution in [0.2, 0.25) is 0 Å². The summed E-state index contributed by atoms with van der Waals surface area (Å²) in [5, 5.41) is 13.0. The molecule has 0 radical (unpaired) electrons. The van der Waals surface area contributed by atoms with Crippen molar-refractivity contribution < 1.29 is 23.8 Å². The molecular weight excluding hydrogens is 407 g/mol. The number of aliphatic hydroxyl groups excluding tert-OH is 1. The van der Waals surface area contributed by atoms with Crippen molar-refractivity contribution in [2.75, 3.05) is 11.5 Å². The van der Waals surface area contributed by atoms with E-state index >= 15 is 0 Å². The van der Waals surface area contributed by atoms with Gasteiger partial charge in [-0.05, 0) is 48.9 Å². The number of halogens is 1. The number of amides is 1. The van der Waals surface area contributed by atoms with Crippen LogP contribution in [-0.4, -0.2) is 28.4 Å². The molecule has 1 atom stereocenters. The highest BCUT2D eigenvalue weighted by atomic mass is 32.1. The van der Waals surface area contributed by atoms with Crippen molar-refractivity contribution in [3.63, 3.8) is 0 Å². The summed E-state index contributed by atoms with van der Waals surface area (Å²) in [6.45, 7) is 2.35. The lowest BCUT2D eigenvalue weighted by Crippen LogP contribution is -2.29. The minimum atomic E-state index is -0.927. The Morgan fingerprint density at radius 2 is 1.87 bits per heavy atom. The number of hydrogen-bond acceptors (Lipinski definition) is 6. The number of aromatic nitrogens is 1. The number of nitrogens with zero attached hydrogens (tertiary/aromatic N) is 2. The molecule has 8 heteroatoms. The molecule has 1 N–H and O–H groups in total. The molecule has 0 bridgehead atoms. The second-order valence-corrected chi connectivity index (χ2v) is 7.37. The Balaban J connectivity index is 1.86. The normalized spacial score (nSPS) is 18.1. The maximum absolute atomic E-state index is 13.5. The van der Waals surface area contributed by atoms with Gasteiger partial charge in [0.2, 0.25) is 0 Å². The third kappa shape index (κ3) is 3.46. The summed E-state index contributed by atoms with van der Waals surface area (Å²) in [4.78, 5) is 31.1. The number of rotatable bonds is 5. The van der Waals surface area contributed by atoms with Gasteiger partial charge in [-0.3, -0.25) is 14.5 Å². The van der Waals surface area contributed by atoms with Crippen LogP contribution in [0.4, 0.5) is 9.52 Å². The first kappa shape index (κ1) is 19.8. The van der Waals surface area contributed by atoms with Gasteiger partial charge in [0.25, 0.3) is 5.78 Å². The number of aliphatic hydroxyl groups is 1. The lowest BCUT2D eigenvalue weighted by molar-refractivity contribution is -0.132. The van der Waals surface area contributed by atoms with Crippen LogP contribution in [0.15, 0.2) is 65.7 Å². The third-order valence-electron chi connectivity index (χ3n) is 4.69. The molecule has 1 aromatic heterocycles. The van der Waals surface area contributed by atoms with Crippen molar-refractivity contribution >= 4 is 33.9 Å². The Kier molecular flexibility index (Phi) is 5.33. The number of carbonyl (C=O) groups excluding carboxylic acids is 2. The van der Waals surface area contributed by atoms with Crippen LogP contribution < -0.4 is 9.64 Å². The summed E-state index contributed by atoms with van der Waals surface area (Å²) in [7, 11) is 0. The molecule has 2 heterocycles. The van der Waals surface area contributed by atoms with Crippen LogP contribution >= 0.6 is 11.3 Å². The molecule has 1 aliphatic rings. The third-order valence-corrected chi connectivity index (χ3v) is 5.47. The number of Topliss-reactive ketones (excluding diaryl/α,β-unsaturated/α-hetero) is 1. The predicted molar refractivity (Wildman–Crippen MR) is 111 cm³/mol. The summed E-state index contributed by atoms with van der Waals surface area (Å²) in [5.41, 5.74) is 0.770. The molecule has 30 heavy (non-hydrogen) atoms. The molecule has 1 amide bonds. The monoisotopic (exact) mass is 424 g/mol. The molecule has 6 nitrogen and oxygen atoms in total. The first-order valence-corrected chi connectivity index (χ1v) is 10.1. The van der Waals surface area contributed by atoms with Crippen LogP contribution in [0.1, 0.15) is 24.1 Å². The minimum Gasteiger partial charge on any atom is -0.507 e. The number of ether oxygens (including phenoxy) is 1. The lowest BCUT2D eigenvalue weighted by atomic mass is 9.95. The average molecular weight is 424 g/mol. The zero-order valence-electron chi connectivity index (χ0n) is 15.9. The van der Waals surface area contributed by atoms with Crippen LogP contribution in [0.25, 0.3) is 5.76 Å². The summed E-state index contributed by atoms with van der Waals surface area (Å²) >= 11 is 1.19. The molecule has 0 aliphatic carbocycles.